The largest absolute Gasteiger partial charge is 0.352 e. The Morgan fingerprint density at radius 2 is 1.89 bits per heavy atom. The Hall–Kier alpha value is -1.04. The van der Waals surface area contributed by atoms with E-state index in [1.807, 2.05) is 0 Å². The molecular formula is C15H24N2O. The SMILES string of the molecule is CC1CC(C#N)(C(=O)NC2CCCCCC2C)C1. The number of carbonyl (C=O) groups is 1. The summed E-state index contributed by atoms with van der Waals surface area (Å²) in [7, 11) is 0. The highest BCUT2D eigenvalue weighted by Gasteiger charge is 2.49. The topological polar surface area (TPSA) is 52.9 Å². The molecule has 2 aliphatic carbocycles. The second-order valence-electron chi connectivity index (χ2n) is 6.40. The van der Waals surface area contributed by atoms with Crippen LogP contribution < -0.4 is 5.32 Å². The Kier molecular flexibility index (Phi) is 3.94. The minimum atomic E-state index is -0.717. The first-order valence-electron chi connectivity index (χ1n) is 7.29. The Bertz CT molecular complexity index is 352. The first-order valence-corrected chi connectivity index (χ1v) is 7.29. The van der Waals surface area contributed by atoms with E-state index in [-0.39, 0.29) is 11.9 Å². The van der Waals surface area contributed by atoms with Crippen LogP contribution in [0.3, 0.4) is 0 Å². The van der Waals surface area contributed by atoms with Gasteiger partial charge in [0.1, 0.15) is 5.41 Å². The van der Waals surface area contributed by atoms with E-state index in [0.29, 0.717) is 11.8 Å². The average molecular weight is 248 g/mol. The number of hydrogen-bond donors (Lipinski definition) is 1. The first-order chi connectivity index (χ1) is 8.57. The molecule has 0 aromatic heterocycles. The molecule has 2 unspecified atom stereocenters. The minimum Gasteiger partial charge on any atom is -0.352 e. The summed E-state index contributed by atoms with van der Waals surface area (Å²) >= 11 is 0. The molecule has 3 heteroatoms. The molecule has 2 rings (SSSR count). The van der Waals surface area contributed by atoms with Crippen LogP contribution in [0.2, 0.25) is 0 Å². The molecule has 0 aromatic carbocycles. The third-order valence-electron chi connectivity index (χ3n) is 4.72. The van der Waals surface area contributed by atoms with Crippen molar-refractivity contribution in [3.05, 3.63) is 0 Å². The van der Waals surface area contributed by atoms with Gasteiger partial charge in [-0.15, -0.1) is 0 Å². The molecule has 0 heterocycles. The molecule has 0 saturated heterocycles. The number of hydrogen-bond acceptors (Lipinski definition) is 2. The van der Waals surface area contributed by atoms with Gasteiger partial charge in [0.25, 0.3) is 0 Å². The standard InChI is InChI=1S/C15H24N2O/c1-11-8-15(9-11,10-16)14(18)17-13-7-5-3-4-6-12(13)2/h11-13H,3-9H2,1-2H3,(H,17,18). The van der Waals surface area contributed by atoms with Gasteiger partial charge < -0.3 is 5.32 Å². The monoisotopic (exact) mass is 248 g/mol. The molecule has 1 N–H and O–H groups in total. The summed E-state index contributed by atoms with van der Waals surface area (Å²) in [5.41, 5.74) is -0.717. The van der Waals surface area contributed by atoms with E-state index < -0.39 is 5.41 Å². The Balaban J connectivity index is 1.96. The molecule has 0 aromatic rings. The van der Waals surface area contributed by atoms with E-state index in [9.17, 15) is 10.1 Å². The van der Waals surface area contributed by atoms with Crippen molar-refractivity contribution in [1.82, 2.24) is 5.32 Å². The van der Waals surface area contributed by atoms with Crippen molar-refractivity contribution in [1.29, 1.82) is 5.26 Å². The summed E-state index contributed by atoms with van der Waals surface area (Å²) in [5.74, 6) is 1.05. The first kappa shape index (κ1) is 13.4. The van der Waals surface area contributed by atoms with E-state index in [2.05, 4.69) is 25.2 Å². The summed E-state index contributed by atoms with van der Waals surface area (Å²) in [6, 6.07) is 2.53. The number of nitrogens with zero attached hydrogens (tertiary/aromatic N) is 1. The van der Waals surface area contributed by atoms with Crippen LogP contribution in [-0.4, -0.2) is 11.9 Å². The molecule has 0 spiro atoms. The number of nitriles is 1. The number of amides is 1. The van der Waals surface area contributed by atoms with Gasteiger partial charge in [-0.2, -0.15) is 5.26 Å². The van der Waals surface area contributed by atoms with Gasteiger partial charge in [-0.3, -0.25) is 4.79 Å². The predicted octanol–water partition coefficient (Wildman–Crippen LogP) is 3.01. The minimum absolute atomic E-state index is 0.0122. The Labute approximate surface area is 110 Å². The highest BCUT2D eigenvalue weighted by atomic mass is 16.2. The lowest BCUT2D eigenvalue weighted by Crippen LogP contribution is -2.52. The zero-order chi connectivity index (χ0) is 13.2. The maximum Gasteiger partial charge on any atom is 0.240 e. The molecule has 1 amide bonds. The van der Waals surface area contributed by atoms with Gasteiger partial charge in [0.15, 0.2) is 0 Å². The van der Waals surface area contributed by atoms with Crippen LogP contribution in [0.5, 0.6) is 0 Å². The zero-order valence-corrected chi connectivity index (χ0v) is 11.5. The van der Waals surface area contributed by atoms with E-state index in [1.54, 1.807) is 0 Å². The molecule has 0 aliphatic heterocycles. The van der Waals surface area contributed by atoms with E-state index in [4.69, 9.17) is 0 Å². The van der Waals surface area contributed by atoms with Crippen molar-refractivity contribution < 1.29 is 4.79 Å². The van der Waals surface area contributed by atoms with Crippen molar-refractivity contribution in [2.75, 3.05) is 0 Å². The second-order valence-corrected chi connectivity index (χ2v) is 6.40. The molecule has 3 nitrogen and oxygen atoms in total. The summed E-state index contributed by atoms with van der Waals surface area (Å²) in [6.07, 6.45) is 7.48. The van der Waals surface area contributed by atoms with E-state index in [0.717, 1.165) is 19.3 Å². The maximum absolute atomic E-state index is 12.3. The maximum atomic E-state index is 12.3. The molecule has 2 saturated carbocycles. The molecule has 18 heavy (non-hydrogen) atoms. The fraction of sp³-hybridized carbons (Fsp3) is 0.867. The summed E-state index contributed by atoms with van der Waals surface area (Å²) in [5, 5.41) is 12.4. The van der Waals surface area contributed by atoms with Crippen molar-refractivity contribution in [3.8, 4) is 6.07 Å². The number of rotatable bonds is 2. The van der Waals surface area contributed by atoms with Gasteiger partial charge in [0.2, 0.25) is 5.91 Å². The van der Waals surface area contributed by atoms with Gasteiger partial charge >= 0.3 is 0 Å². The normalized spacial score (nSPS) is 40.2. The summed E-state index contributed by atoms with van der Waals surface area (Å²) in [4.78, 5) is 12.3. The van der Waals surface area contributed by atoms with Crippen molar-refractivity contribution >= 4 is 5.91 Å². The average Bonchev–Trinajstić information content (AvgIpc) is 2.50. The van der Waals surface area contributed by atoms with Crippen LogP contribution >= 0.6 is 0 Å². The Morgan fingerprint density at radius 1 is 1.22 bits per heavy atom. The molecule has 2 fully saturated rings. The molecule has 2 aliphatic rings. The fourth-order valence-electron chi connectivity index (χ4n) is 3.47. The molecule has 0 radical (unpaired) electrons. The Morgan fingerprint density at radius 3 is 2.50 bits per heavy atom. The van der Waals surface area contributed by atoms with Crippen LogP contribution in [0.25, 0.3) is 0 Å². The third kappa shape index (κ3) is 2.53. The quantitative estimate of drug-likeness (QED) is 0.764. The van der Waals surface area contributed by atoms with Crippen LogP contribution in [-0.2, 0) is 4.79 Å². The number of nitrogens with one attached hydrogen (secondary N) is 1. The van der Waals surface area contributed by atoms with Crippen molar-refractivity contribution in [3.63, 3.8) is 0 Å². The van der Waals surface area contributed by atoms with Gasteiger partial charge in [-0.05, 0) is 37.5 Å². The van der Waals surface area contributed by atoms with E-state index in [1.165, 1.54) is 25.7 Å². The lowest BCUT2D eigenvalue weighted by atomic mass is 9.63. The van der Waals surface area contributed by atoms with Gasteiger partial charge in [0, 0.05) is 6.04 Å². The predicted molar refractivity (Wildman–Crippen MR) is 70.6 cm³/mol. The lowest BCUT2D eigenvalue weighted by Gasteiger charge is -2.40. The van der Waals surface area contributed by atoms with Crippen LogP contribution in [0, 0.1) is 28.6 Å². The molecule has 2 atom stereocenters. The highest BCUT2D eigenvalue weighted by molar-refractivity contribution is 5.86. The summed E-state index contributed by atoms with van der Waals surface area (Å²) < 4.78 is 0. The second kappa shape index (κ2) is 5.30. The summed E-state index contributed by atoms with van der Waals surface area (Å²) in [6.45, 7) is 4.33. The third-order valence-corrected chi connectivity index (χ3v) is 4.72. The zero-order valence-electron chi connectivity index (χ0n) is 11.5. The van der Waals surface area contributed by atoms with Crippen LogP contribution in [0.1, 0.15) is 58.8 Å². The fourth-order valence-corrected chi connectivity index (χ4v) is 3.47. The highest BCUT2D eigenvalue weighted by Crippen LogP contribution is 2.45. The molecule has 100 valence electrons. The van der Waals surface area contributed by atoms with Gasteiger partial charge in [-0.25, -0.2) is 0 Å². The number of carbonyl (C=O) groups excluding carboxylic acids is 1. The van der Waals surface area contributed by atoms with E-state index >= 15 is 0 Å². The van der Waals surface area contributed by atoms with Gasteiger partial charge in [-0.1, -0.05) is 33.1 Å². The van der Waals surface area contributed by atoms with Gasteiger partial charge in [0.05, 0.1) is 6.07 Å². The lowest BCUT2D eigenvalue weighted by molar-refractivity contribution is -0.135. The smallest absolute Gasteiger partial charge is 0.240 e. The van der Waals surface area contributed by atoms with Crippen molar-refractivity contribution in [2.45, 2.75) is 64.8 Å². The van der Waals surface area contributed by atoms with Crippen LogP contribution in [0.4, 0.5) is 0 Å². The molecule has 0 bridgehead atoms. The van der Waals surface area contributed by atoms with Crippen molar-refractivity contribution in [2.24, 2.45) is 17.3 Å². The molecular weight excluding hydrogens is 224 g/mol. The van der Waals surface area contributed by atoms with Crippen LogP contribution in [0.15, 0.2) is 0 Å².